The average Bonchev–Trinajstić information content (AvgIpc) is 2.16. The zero-order valence-electron chi connectivity index (χ0n) is 9.23. The quantitative estimate of drug-likeness (QED) is 0.864. The molecule has 0 fully saturated rings. The SMILES string of the molecule is CCc1nnc(C)cc1CNCC(F)(F)F. The standard InChI is InChI=1S/C10H14F3N3/c1-3-9-8(4-7(2)15-16-9)5-14-6-10(11,12)13/h4,14H,3,5-6H2,1-2H3. The molecule has 0 aliphatic heterocycles. The summed E-state index contributed by atoms with van der Waals surface area (Å²) >= 11 is 0. The van der Waals surface area contributed by atoms with E-state index in [1.807, 2.05) is 6.92 Å². The second-order valence-corrected chi connectivity index (χ2v) is 3.53. The fourth-order valence-corrected chi connectivity index (χ4v) is 1.36. The number of hydrogen-bond acceptors (Lipinski definition) is 3. The number of nitrogens with zero attached hydrogens (tertiary/aromatic N) is 2. The zero-order chi connectivity index (χ0) is 12.2. The summed E-state index contributed by atoms with van der Waals surface area (Å²) in [4.78, 5) is 0. The van der Waals surface area contributed by atoms with Crippen molar-refractivity contribution >= 4 is 0 Å². The molecule has 0 atom stereocenters. The van der Waals surface area contributed by atoms with Gasteiger partial charge in [0.05, 0.1) is 17.9 Å². The van der Waals surface area contributed by atoms with Crippen LogP contribution in [0.15, 0.2) is 6.07 Å². The van der Waals surface area contributed by atoms with Crippen molar-refractivity contribution in [2.45, 2.75) is 33.0 Å². The lowest BCUT2D eigenvalue weighted by molar-refractivity contribution is -0.125. The zero-order valence-corrected chi connectivity index (χ0v) is 9.23. The minimum absolute atomic E-state index is 0.166. The Balaban J connectivity index is 2.62. The van der Waals surface area contributed by atoms with Crippen LogP contribution in [0.3, 0.4) is 0 Å². The van der Waals surface area contributed by atoms with Gasteiger partial charge in [-0.05, 0) is 25.0 Å². The van der Waals surface area contributed by atoms with E-state index in [0.29, 0.717) is 12.1 Å². The molecule has 0 saturated carbocycles. The number of hydrogen-bond donors (Lipinski definition) is 1. The highest BCUT2D eigenvalue weighted by molar-refractivity contribution is 5.20. The van der Waals surface area contributed by atoms with E-state index in [2.05, 4.69) is 15.5 Å². The summed E-state index contributed by atoms with van der Waals surface area (Å²) in [5.41, 5.74) is 2.22. The second-order valence-electron chi connectivity index (χ2n) is 3.53. The van der Waals surface area contributed by atoms with Crippen LogP contribution >= 0.6 is 0 Å². The van der Waals surface area contributed by atoms with E-state index in [1.54, 1.807) is 13.0 Å². The molecule has 16 heavy (non-hydrogen) atoms. The van der Waals surface area contributed by atoms with Crippen molar-refractivity contribution in [3.05, 3.63) is 23.0 Å². The fraction of sp³-hybridized carbons (Fsp3) is 0.600. The lowest BCUT2D eigenvalue weighted by Crippen LogP contribution is -2.28. The number of nitrogens with one attached hydrogen (secondary N) is 1. The molecule has 0 aliphatic carbocycles. The number of rotatable bonds is 4. The first-order valence-corrected chi connectivity index (χ1v) is 5.02. The van der Waals surface area contributed by atoms with Gasteiger partial charge in [0.15, 0.2) is 0 Å². The van der Waals surface area contributed by atoms with E-state index in [-0.39, 0.29) is 6.54 Å². The first-order valence-electron chi connectivity index (χ1n) is 5.02. The van der Waals surface area contributed by atoms with Gasteiger partial charge in [-0.25, -0.2) is 0 Å². The molecule has 0 aliphatic rings. The maximum atomic E-state index is 11.9. The Labute approximate surface area is 92.1 Å². The molecular formula is C10H14F3N3. The number of alkyl halides is 3. The van der Waals surface area contributed by atoms with Crippen molar-refractivity contribution in [2.24, 2.45) is 0 Å². The largest absolute Gasteiger partial charge is 0.401 e. The highest BCUT2D eigenvalue weighted by Gasteiger charge is 2.26. The third kappa shape index (κ3) is 4.14. The van der Waals surface area contributed by atoms with Crippen molar-refractivity contribution < 1.29 is 13.2 Å². The summed E-state index contributed by atoms with van der Waals surface area (Å²) in [5.74, 6) is 0. The topological polar surface area (TPSA) is 37.8 Å². The third-order valence-electron chi connectivity index (χ3n) is 2.06. The van der Waals surface area contributed by atoms with E-state index < -0.39 is 12.7 Å². The Morgan fingerprint density at radius 2 is 2.00 bits per heavy atom. The minimum atomic E-state index is -4.18. The van der Waals surface area contributed by atoms with Gasteiger partial charge in [-0.1, -0.05) is 6.92 Å². The van der Waals surface area contributed by atoms with Gasteiger partial charge in [0.1, 0.15) is 0 Å². The highest BCUT2D eigenvalue weighted by Crippen LogP contribution is 2.13. The molecule has 0 unspecified atom stereocenters. The van der Waals surface area contributed by atoms with Crippen LogP contribution in [0.4, 0.5) is 13.2 Å². The molecule has 0 amide bonds. The maximum absolute atomic E-state index is 11.9. The van der Waals surface area contributed by atoms with Crippen molar-refractivity contribution in [2.75, 3.05) is 6.54 Å². The van der Waals surface area contributed by atoms with E-state index in [1.165, 1.54) is 0 Å². The summed E-state index contributed by atoms with van der Waals surface area (Å²) in [6.07, 6.45) is -3.52. The Bertz CT molecular complexity index is 350. The van der Waals surface area contributed by atoms with Gasteiger partial charge >= 0.3 is 6.18 Å². The summed E-state index contributed by atoms with van der Waals surface area (Å²) in [6.45, 7) is 2.84. The molecule has 0 radical (unpaired) electrons. The van der Waals surface area contributed by atoms with Crippen molar-refractivity contribution in [3.63, 3.8) is 0 Å². The lowest BCUT2D eigenvalue weighted by Gasteiger charge is -2.10. The van der Waals surface area contributed by atoms with E-state index in [0.717, 1.165) is 11.3 Å². The second kappa shape index (κ2) is 5.25. The van der Waals surface area contributed by atoms with Crippen LogP contribution in [-0.4, -0.2) is 22.9 Å². The molecule has 1 heterocycles. The van der Waals surface area contributed by atoms with Crippen LogP contribution < -0.4 is 5.32 Å². The fourth-order valence-electron chi connectivity index (χ4n) is 1.36. The summed E-state index contributed by atoms with van der Waals surface area (Å²) in [5, 5.41) is 10.2. The molecule has 6 heteroatoms. The molecule has 1 N–H and O–H groups in total. The highest BCUT2D eigenvalue weighted by atomic mass is 19.4. The van der Waals surface area contributed by atoms with Crippen LogP contribution in [0.25, 0.3) is 0 Å². The monoisotopic (exact) mass is 233 g/mol. The smallest absolute Gasteiger partial charge is 0.305 e. The van der Waals surface area contributed by atoms with Crippen molar-refractivity contribution in [3.8, 4) is 0 Å². The van der Waals surface area contributed by atoms with Crippen molar-refractivity contribution in [1.29, 1.82) is 0 Å². The van der Waals surface area contributed by atoms with E-state index in [9.17, 15) is 13.2 Å². The molecule has 0 spiro atoms. The summed E-state index contributed by atoms with van der Waals surface area (Å²) in [6, 6.07) is 1.76. The summed E-state index contributed by atoms with van der Waals surface area (Å²) < 4.78 is 35.8. The van der Waals surface area contributed by atoms with Gasteiger partial charge in [-0.3, -0.25) is 0 Å². The molecule has 1 aromatic heterocycles. The molecule has 1 aromatic rings. The van der Waals surface area contributed by atoms with Crippen molar-refractivity contribution in [1.82, 2.24) is 15.5 Å². The van der Waals surface area contributed by atoms with Gasteiger partial charge in [0.25, 0.3) is 0 Å². The number of aryl methyl sites for hydroxylation is 2. The Kier molecular flexibility index (Phi) is 4.23. The van der Waals surface area contributed by atoms with Gasteiger partial charge < -0.3 is 5.32 Å². The first kappa shape index (κ1) is 12.9. The predicted molar refractivity (Wildman–Crippen MR) is 53.9 cm³/mol. The van der Waals surface area contributed by atoms with Gasteiger partial charge in [0, 0.05) is 6.54 Å². The summed E-state index contributed by atoms with van der Waals surface area (Å²) in [7, 11) is 0. The van der Waals surface area contributed by atoms with Gasteiger partial charge in [-0.15, -0.1) is 0 Å². The minimum Gasteiger partial charge on any atom is -0.305 e. The molecule has 0 saturated heterocycles. The molecule has 0 aromatic carbocycles. The lowest BCUT2D eigenvalue weighted by atomic mass is 10.1. The van der Waals surface area contributed by atoms with E-state index in [4.69, 9.17) is 0 Å². The number of halogens is 3. The molecule has 90 valence electrons. The third-order valence-corrected chi connectivity index (χ3v) is 2.06. The van der Waals surface area contributed by atoms with Crippen LogP contribution in [0.1, 0.15) is 23.9 Å². The Hall–Kier alpha value is -1.17. The molecule has 0 bridgehead atoms. The number of aromatic nitrogens is 2. The molecule has 3 nitrogen and oxygen atoms in total. The Morgan fingerprint density at radius 3 is 2.56 bits per heavy atom. The molecule has 1 rings (SSSR count). The van der Waals surface area contributed by atoms with Crippen LogP contribution in [-0.2, 0) is 13.0 Å². The maximum Gasteiger partial charge on any atom is 0.401 e. The van der Waals surface area contributed by atoms with Gasteiger partial charge in [0.2, 0.25) is 0 Å². The molecular weight excluding hydrogens is 219 g/mol. The van der Waals surface area contributed by atoms with E-state index >= 15 is 0 Å². The van der Waals surface area contributed by atoms with Crippen LogP contribution in [0.5, 0.6) is 0 Å². The predicted octanol–water partition coefficient (Wildman–Crippen LogP) is 2.00. The van der Waals surface area contributed by atoms with Crippen LogP contribution in [0, 0.1) is 6.92 Å². The average molecular weight is 233 g/mol. The first-order chi connectivity index (χ1) is 7.42. The van der Waals surface area contributed by atoms with Crippen LogP contribution in [0.2, 0.25) is 0 Å². The normalized spacial score (nSPS) is 11.8. The Morgan fingerprint density at radius 1 is 1.31 bits per heavy atom. The van der Waals surface area contributed by atoms with Gasteiger partial charge in [-0.2, -0.15) is 23.4 Å².